The van der Waals surface area contributed by atoms with Gasteiger partial charge in [0.05, 0.1) is 0 Å². The van der Waals surface area contributed by atoms with Crippen LogP contribution in [0.1, 0.15) is 54.0 Å². The first-order valence-corrected chi connectivity index (χ1v) is 8.89. The lowest BCUT2D eigenvalue weighted by Gasteiger charge is -2.18. The smallest absolute Gasteiger partial charge is 0.00612 e. The average molecular weight is 326 g/mol. The van der Waals surface area contributed by atoms with Gasteiger partial charge in [0.2, 0.25) is 0 Å². The molecule has 0 heterocycles. The fourth-order valence-corrected chi connectivity index (χ4v) is 3.38. The number of rotatable bonds is 5. The van der Waals surface area contributed by atoms with Crippen molar-refractivity contribution in [3.05, 3.63) is 102 Å². The summed E-state index contributed by atoms with van der Waals surface area (Å²) < 4.78 is 0. The third-order valence-corrected chi connectivity index (χ3v) is 5.14. The van der Waals surface area contributed by atoms with Gasteiger partial charge in [0.1, 0.15) is 0 Å². The molecule has 0 saturated carbocycles. The van der Waals surface area contributed by atoms with Crippen molar-refractivity contribution in [1.82, 2.24) is 0 Å². The van der Waals surface area contributed by atoms with Crippen molar-refractivity contribution in [2.45, 2.75) is 33.1 Å². The molecule has 0 radical (unpaired) electrons. The van der Waals surface area contributed by atoms with Crippen LogP contribution in [0.15, 0.2) is 73.9 Å². The zero-order valence-corrected chi connectivity index (χ0v) is 15.5. The van der Waals surface area contributed by atoms with Crippen molar-refractivity contribution in [3.63, 3.8) is 0 Å². The monoisotopic (exact) mass is 326 g/mol. The topological polar surface area (TPSA) is 0 Å². The molecule has 0 amide bonds. The van der Waals surface area contributed by atoms with Crippen molar-refractivity contribution in [2.24, 2.45) is 0 Å². The van der Waals surface area contributed by atoms with Gasteiger partial charge in [-0.3, -0.25) is 0 Å². The maximum atomic E-state index is 4.38. The lowest BCUT2D eigenvalue weighted by molar-refractivity contribution is 0.988. The van der Waals surface area contributed by atoms with Gasteiger partial charge < -0.3 is 0 Å². The molecule has 2 aromatic carbocycles. The highest BCUT2D eigenvalue weighted by atomic mass is 14.2. The molecule has 0 aliphatic heterocycles. The van der Waals surface area contributed by atoms with Gasteiger partial charge in [-0.2, -0.15) is 0 Å². The first-order chi connectivity index (χ1) is 12.0. The predicted octanol–water partition coefficient (Wildman–Crippen LogP) is 7.19. The largest absolute Gasteiger partial charge is 0.0955 e. The lowest BCUT2D eigenvalue weighted by atomic mass is 9.86. The van der Waals surface area contributed by atoms with Gasteiger partial charge in [0.15, 0.2) is 0 Å². The van der Waals surface area contributed by atoms with Crippen LogP contribution in [-0.2, 0) is 0 Å². The molecule has 0 bridgehead atoms. The van der Waals surface area contributed by atoms with Crippen molar-refractivity contribution in [3.8, 4) is 0 Å². The number of aryl methyl sites for hydroxylation is 1. The van der Waals surface area contributed by atoms with Gasteiger partial charge in [-0.05, 0) is 59.2 Å². The molecule has 0 aromatic heterocycles. The molecule has 1 aliphatic carbocycles. The Morgan fingerprint density at radius 2 is 1.76 bits per heavy atom. The molecule has 25 heavy (non-hydrogen) atoms. The molecule has 0 spiro atoms. The molecule has 0 nitrogen and oxygen atoms in total. The van der Waals surface area contributed by atoms with E-state index in [4.69, 9.17) is 0 Å². The minimum atomic E-state index is 0.275. The van der Waals surface area contributed by atoms with E-state index in [9.17, 15) is 0 Å². The van der Waals surface area contributed by atoms with Gasteiger partial charge >= 0.3 is 0 Å². The van der Waals surface area contributed by atoms with Crippen LogP contribution in [0.2, 0.25) is 0 Å². The Kier molecular flexibility index (Phi) is 4.90. The van der Waals surface area contributed by atoms with Gasteiger partial charge in [-0.1, -0.05) is 86.3 Å². The fraction of sp³-hybridized carbons (Fsp3) is 0.200. The standard InChI is InChI=1S/C25H26/c1-17(2)25-16-24(11-10-18(25)3)20(5)19(4)21-12-14-23(15-13-21)22-8-6-7-9-22/h6-8,10-16,20H,1,4,9H2,2-3,5H3. The minimum absolute atomic E-state index is 0.275. The predicted molar refractivity (Wildman–Crippen MR) is 112 cm³/mol. The van der Waals surface area contributed by atoms with Crippen LogP contribution in [0, 0.1) is 6.92 Å². The fourth-order valence-electron chi connectivity index (χ4n) is 3.38. The Hall–Kier alpha value is -2.60. The van der Waals surface area contributed by atoms with E-state index in [1.807, 2.05) is 0 Å². The summed E-state index contributed by atoms with van der Waals surface area (Å²) in [7, 11) is 0. The van der Waals surface area contributed by atoms with Gasteiger partial charge in [-0.15, -0.1) is 0 Å². The Balaban J connectivity index is 1.83. The number of hydrogen-bond acceptors (Lipinski definition) is 0. The van der Waals surface area contributed by atoms with E-state index in [0.29, 0.717) is 0 Å². The second kappa shape index (κ2) is 7.11. The average Bonchev–Trinajstić information content (AvgIpc) is 3.15. The highest BCUT2D eigenvalue weighted by Crippen LogP contribution is 2.33. The highest BCUT2D eigenvalue weighted by Gasteiger charge is 2.13. The van der Waals surface area contributed by atoms with Crippen LogP contribution in [0.25, 0.3) is 16.7 Å². The van der Waals surface area contributed by atoms with Crippen LogP contribution in [0.4, 0.5) is 0 Å². The maximum Gasteiger partial charge on any atom is 0.00612 e. The highest BCUT2D eigenvalue weighted by molar-refractivity contribution is 5.75. The zero-order chi connectivity index (χ0) is 18.0. The summed E-state index contributed by atoms with van der Waals surface area (Å²) in [6.45, 7) is 14.9. The third-order valence-electron chi connectivity index (χ3n) is 5.14. The Morgan fingerprint density at radius 3 is 2.36 bits per heavy atom. The summed E-state index contributed by atoms with van der Waals surface area (Å²) >= 11 is 0. The Labute approximate surface area is 151 Å². The molecule has 0 fully saturated rings. The van der Waals surface area contributed by atoms with Gasteiger partial charge in [0.25, 0.3) is 0 Å². The molecule has 0 saturated heterocycles. The van der Waals surface area contributed by atoms with E-state index in [-0.39, 0.29) is 5.92 Å². The molecule has 1 aliphatic rings. The van der Waals surface area contributed by atoms with Crippen molar-refractivity contribution in [1.29, 1.82) is 0 Å². The molecule has 2 aromatic rings. The van der Waals surface area contributed by atoms with Crippen LogP contribution in [0.5, 0.6) is 0 Å². The van der Waals surface area contributed by atoms with E-state index in [1.54, 1.807) is 0 Å². The summed E-state index contributed by atoms with van der Waals surface area (Å²) in [5.74, 6) is 0.275. The molecular formula is C25H26. The third kappa shape index (κ3) is 3.58. The van der Waals surface area contributed by atoms with E-state index >= 15 is 0 Å². The van der Waals surface area contributed by atoms with Gasteiger partial charge in [0, 0.05) is 5.92 Å². The summed E-state index contributed by atoms with van der Waals surface area (Å²) in [6, 6.07) is 15.5. The summed E-state index contributed by atoms with van der Waals surface area (Å²) in [6.07, 6.45) is 7.54. The van der Waals surface area contributed by atoms with Crippen LogP contribution < -0.4 is 0 Å². The van der Waals surface area contributed by atoms with Crippen molar-refractivity contribution < 1.29 is 0 Å². The summed E-state index contributed by atoms with van der Waals surface area (Å²) in [4.78, 5) is 0. The summed E-state index contributed by atoms with van der Waals surface area (Å²) in [5.41, 5.74) is 9.97. The second-order valence-corrected chi connectivity index (χ2v) is 7.00. The number of benzene rings is 2. The summed E-state index contributed by atoms with van der Waals surface area (Å²) in [5, 5.41) is 0. The molecule has 1 unspecified atom stereocenters. The van der Waals surface area contributed by atoms with Crippen LogP contribution in [0.3, 0.4) is 0 Å². The molecule has 3 rings (SSSR count). The van der Waals surface area contributed by atoms with Crippen LogP contribution >= 0.6 is 0 Å². The molecule has 1 atom stereocenters. The lowest BCUT2D eigenvalue weighted by Crippen LogP contribution is -1.99. The second-order valence-electron chi connectivity index (χ2n) is 7.00. The van der Waals surface area contributed by atoms with Crippen LogP contribution in [-0.4, -0.2) is 0 Å². The normalized spacial score (nSPS) is 14.3. The van der Waals surface area contributed by atoms with E-state index in [2.05, 4.69) is 94.6 Å². The van der Waals surface area contributed by atoms with Gasteiger partial charge in [-0.25, -0.2) is 0 Å². The SMILES string of the molecule is C=C(C)c1cc(C(C)C(=C)c2ccc(C3=CC=CC3)cc2)ccc1C. The van der Waals surface area contributed by atoms with E-state index < -0.39 is 0 Å². The minimum Gasteiger partial charge on any atom is -0.0955 e. The first-order valence-electron chi connectivity index (χ1n) is 8.89. The molecule has 126 valence electrons. The van der Waals surface area contributed by atoms with E-state index in [0.717, 1.165) is 17.6 Å². The Morgan fingerprint density at radius 1 is 1.04 bits per heavy atom. The van der Waals surface area contributed by atoms with Crippen molar-refractivity contribution in [2.75, 3.05) is 0 Å². The number of hydrogen-bond donors (Lipinski definition) is 0. The molecule has 0 N–H and O–H groups in total. The number of allylic oxidation sites excluding steroid dienone is 6. The zero-order valence-electron chi connectivity index (χ0n) is 15.5. The first kappa shape index (κ1) is 17.2. The molecule has 0 heteroatoms. The van der Waals surface area contributed by atoms with Crippen molar-refractivity contribution >= 4 is 16.7 Å². The maximum absolute atomic E-state index is 4.38. The quantitative estimate of drug-likeness (QED) is 0.545. The van der Waals surface area contributed by atoms with E-state index in [1.165, 1.54) is 33.4 Å². The molecular weight excluding hydrogens is 300 g/mol. The Bertz CT molecular complexity index is 873.